The largest absolute Gasteiger partial charge is 0.343 e. The van der Waals surface area contributed by atoms with Gasteiger partial charge in [-0.3, -0.25) is 28.9 Å². The molecule has 0 saturated carbocycles. The topological polar surface area (TPSA) is 117 Å². The molecule has 10 heteroatoms. The molecule has 1 fully saturated rings. The number of rotatable bonds is 8. The van der Waals surface area contributed by atoms with Crippen molar-refractivity contribution in [3.05, 3.63) is 148 Å². The Morgan fingerprint density at radius 1 is 0.759 bits per heavy atom. The number of carbonyl (C=O) groups is 5. The van der Waals surface area contributed by atoms with Gasteiger partial charge in [0.2, 0.25) is 0 Å². The molecule has 3 aliphatic heterocycles. The highest BCUT2D eigenvalue weighted by Crippen LogP contribution is 2.51. The van der Waals surface area contributed by atoms with Crippen molar-refractivity contribution in [3.8, 4) is 0 Å². The molecule has 10 rings (SSSR count). The number of ether oxygens (including phenoxy) is 1. The molecule has 4 heterocycles. The number of carbonyl (C=O) groups excluding carboxylic acids is 5. The van der Waals surface area contributed by atoms with Gasteiger partial charge >= 0.3 is 0 Å². The van der Waals surface area contributed by atoms with Gasteiger partial charge in [-0.05, 0) is 59.5 Å². The molecule has 3 amide bonds. The molecule has 264 valence electrons. The summed E-state index contributed by atoms with van der Waals surface area (Å²) >= 11 is 1.64. The van der Waals surface area contributed by atoms with Crippen molar-refractivity contribution >= 4 is 68.4 Å². The summed E-state index contributed by atoms with van der Waals surface area (Å²) in [7, 11) is 0. The Balaban J connectivity index is 1.10. The molecule has 0 radical (unpaired) electrons. The lowest BCUT2D eigenvalue weighted by atomic mass is 9.89. The number of Topliss-reactive ketones (excluding diaryl/α,β-unsaturated/α-hetero) is 2. The van der Waals surface area contributed by atoms with Crippen LogP contribution in [-0.4, -0.2) is 51.5 Å². The van der Waals surface area contributed by atoms with E-state index in [0.717, 1.165) is 44.7 Å². The van der Waals surface area contributed by atoms with E-state index in [2.05, 4.69) is 6.92 Å². The second-order valence-corrected chi connectivity index (χ2v) is 15.3. The Morgan fingerprint density at radius 2 is 1.48 bits per heavy atom. The van der Waals surface area contributed by atoms with Crippen LogP contribution in [0.5, 0.6) is 0 Å². The normalized spacial score (nSPS) is 18.8. The third-order valence-electron chi connectivity index (χ3n) is 11.1. The minimum atomic E-state index is -1.17. The van der Waals surface area contributed by atoms with Crippen molar-refractivity contribution in [2.45, 2.75) is 42.8 Å². The molecule has 6 aromatic rings. The first kappa shape index (κ1) is 32.7. The number of unbranched alkanes of at least 4 members (excludes halogenated alkanes) is 1. The van der Waals surface area contributed by atoms with E-state index in [0.29, 0.717) is 45.4 Å². The van der Waals surface area contributed by atoms with E-state index in [1.165, 1.54) is 0 Å². The fraction of sp³-hybridized carbons (Fsp3) is 0.182. The van der Waals surface area contributed by atoms with Crippen LogP contribution in [0.2, 0.25) is 0 Å². The number of amides is 3. The van der Waals surface area contributed by atoms with Gasteiger partial charge in [0.1, 0.15) is 12.5 Å². The van der Waals surface area contributed by atoms with Crippen molar-refractivity contribution in [3.63, 3.8) is 0 Å². The van der Waals surface area contributed by atoms with E-state index in [4.69, 9.17) is 9.72 Å². The third-order valence-corrected chi connectivity index (χ3v) is 12.2. The summed E-state index contributed by atoms with van der Waals surface area (Å²) in [6.45, 7) is 2.59. The Kier molecular flexibility index (Phi) is 7.27. The zero-order valence-electron chi connectivity index (χ0n) is 29.1. The number of pyridine rings is 1. The quantitative estimate of drug-likeness (QED) is 0.0508. The Bertz CT molecular complexity index is 2660. The van der Waals surface area contributed by atoms with Crippen molar-refractivity contribution in [1.29, 1.82) is 0 Å². The Labute approximate surface area is 313 Å². The SMILES string of the molecule is CCCCSc1ccc2c(c1)C(=O)N(c1ccc(CN3C(=O)c4cccc5cccc(c45)C34CO4)c3ccc(C4C(=O)c5ccccc5C4=O)nc13)C2=O. The van der Waals surface area contributed by atoms with E-state index in [9.17, 15) is 24.0 Å². The van der Waals surface area contributed by atoms with Gasteiger partial charge in [0.25, 0.3) is 17.7 Å². The van der Waals surface area contributed by atoms with Crippen LogP contribution in [0.3, 0.4) is 0 Å². The van der Waals surface area contributed by atoms with Crippen LogP contribution in [0.25, 0.3) is 21.7 Å². The minimum Gasteiger partial charge on any atom is -0.343 e. The number of hydrogen-bond acceptors (Lipinski definition) is 8. The molecular weight excluding hydrogens is 699 g/mol. The number of ketones is 2. The zero-order chi connectivity index (χ0) is 36.9. The standard InChI is InChI=1S/C44H31N3O6S/c1-2-3-20-54-26-15-16-30-32(21-26)43(52)47(42(30)51)35-19-14-25(22-46-41(50)31-12-6-8-24-9-7-13-33(36(24)31)44(46)23-53-44)27-17-18-34(45-38(27)35)37-39(48)28-10-4-5-11-29(28)40(37)49/h4-19,21,37H,2-3,20,22-23H2,1H3. The van der Waals surface area contributed by atoms with Gasteiger partial charge in [-0.15, -0.1) is 11.8 Å². The first-order chi connectivity index (χ1) is 26.3. The number of thioether (sulfide) groups is 1. The van der Waals surface area contributed by atoms with Crippen molar-refractivity contribution in [1.82, 2.24) is 9.88 Å². The maximum Gasteiger partial charge on any atom is 0.266 e. The van der Waals surface area contributed by atoms with Crippen LogP contribution >= 0.6 is 11.8 Å². The molecule has 1 unspecified atom stereocenters. The lowest BCUT2D eigenvalue weighted by Gasteiger charge is -2.35. The smallest absolute Gasteiger partial charge is 0.266 e. The Hall–Kier alpha value is -5.97. The summed E-state index contributed by atoms with van der Waals surface area (Å²) in [4.78, 5) is 78.5. The van der Waals surface area contributed by atoms with Crippen LogP contribution in [0, 0.1) is 0 Å². The van der Waals surface area contributed by atoms with Gasteiger partial charge in [0, 0.05) is 44.5 Å². The number of nitrogens with zero attached hydrogens (tertiary/aromatic N) is 3. The number of anilines is 1. The monoisotopic (exact) mass is 729 g/mol. The molecule has 9 nitrogen and oxygen atoms in total. The molecule has 4 aliphatic rings. The molecule has 1 atom stereocenters. The number of epoxide rings is 1. The van der Waals surface area contributed by atoms with E-state index < -0.39 is 23.5 Å². The van der Waals surface area contributed by atoms with Crippen molar-refractivity contribution in [2.75, 3.05) is 17.3 Å². The van der Waals surface area contributed by atoms with Gasteiger partial charge in [-0.2, -0.15) is 0 Å². The molecule has 0 N–H and O–H groups in total. The van der Waals surface area contributed by atoms with E-state index in [1.807, 2.05) is 42.5 Å². The van der Waals surface area contributed by atoms with E-state index >= 15 is 0 Å². The number of aromatic nitrogens is 1. The van der Waals surface area contributed by atoms with Gasteiger partial charge < -0.3 is 4.74 Å². The summed E-state index contributed by atoms with van der Waals surface area (Å²) in [5.74, 6) is -2.11. The third kappa shape index (κ3) is 4.63. The maximum absolute atomic E-state index is 14.3. The van der Waals surface area contributed by atoms with Crippen LogP contribution in [0.4, 0.5) is 5.69 Å². The predicted octanol–water partition coefficient (Wildman–Crippen LogP) is 8.08. The number of hydrogen-bond donors (Lipinski definition) is 0. The highest BCUT2D eigenvalue weighted by molar-refractivity contribution is 7.99. The number of fused-ring (bicyclic) bond motifs is 4. The minimum absolute atomic E-state index is 0.133. The Morgan fingerprint density at radius 3 is 2.22 bits per heavy atom. The molecule has 1 saturated heterocycles. The molecular formula is C44H31N3O6S. The van der Waals surface area contributed by atoms with Gasteiger partial charge in [0.15, 0.2) is 17.3 Å². The molecule has 1 spiro atoms. The van der Waals surface area contributed by atoms with Crippen LogP contribution in [0.1, 0.15) is 94.3 Å². The fourth-order valence-corrected chi connectivity index (χ4v) is 9.31. The number of benzene rings is 5. The molecule has 0 bridgehead atoms. The summed E-state index contributed by atoms with van der Waals surface area (Å²) in [5.41, 5.74) is 3.27. The molecule has 54 heavy (non-hydrogen) atoms. The van der Waals surface area contributed by atoms with Gasteiger partial charge in [0.05, 0.1) is 28.0 Å². The predicted molar refractivity (Wildman–Crippen MR) is 204 cm³/mol. The summed E-state index contributed by atoms with van der Waals surface area (Å²) in [6, 6.07) is 30.6. The lowest BCUT2D eigenvalue weighted by molar-refractivity contribution is 0.0389. The van der Waals surface area contributed by atoms with E-state index in [-0.39, 0.29) is 40.9 Å². The van der Waals surface area contributed by atoms with Crippen LogP contribution in [-0.2, 0) is 17.0 Å². The lowest BCUT2D eigenvalue weighted by Crippen LogP contribution is -2.44. The second kappa shape index (κ2) is 12.0. The van der Waals surface area contributed by atoms with Gasteiger partial charge in [-0.25, -0.2) is 9.88 Å². The summed E-state index contributed by atoms with van der Waals surface area (Å²) in [5, 5.41) is 2.42. The van der Waals surface area contributed by atoms with Crippen molar-refractivity contribution < 1.29 is 28.7 Å². The zero-order valence-corrected chi connectivity index (χ0v) is 29.9. The fourth-order valence-electron chi connectivity index (χ4n) is 8.28. The first-order valence-electron chi connectivity index (χ1n) is 18.0. The number of imide groups is 1. The molecule has 1 aliphatic carbocycles. The molecule has 5 aromatic carbocycles. The second-order valence-electron chi connectivity index (χ2n) is 14.1. The maximum atomic E-state index is 14.3. The summed E-state index contributed by atoms with van der Waals surface area (Å²) < 4.78 is 6.12. The average Bonchev–Trinajstić information content (AvgIpc) is 3.90. The van der Waals surface area contributed by atoms with Crippen LogP contribution < -0.4 is 4.90 Å². The summed E-state index contributed by atoms with van der Waals surface area (Å²) in [6.07, 6.45) is 2.08. The average molecular weight is 730 g/mol. The van der Waals surface area contributed by atoms with Gasteiger partial charge in [-0.1, -0.05) is 80.1 Å². The van der Waals surface area contributed by atoms with Crippen molar-refractivity contribution in [2.24, 2.45) is 0 Å². The van der Waals surface area contributed by atoms with Crippen LogP contribution in [0.15, 0.2) is 108 Å². The highest BCUT2D eigenvalue weighted by Gasteiger charge is 2.57. The highest BCUT2D eigenvalue weighted by atomic mass is 32.2. The first-order valence-corrected chi connectivity index (χ1v) is 19.0. The van der Waals surface area contributed by atoms with E-state index in [1.54, 1.807) is 77.3 Å². The molecule has 1 aromatic heterocycles.